The molecule has 2 aromatic carbocycles. The van der Waals surface area contributed by atoms with Crippen LogP contribution in [0, 0.1) is 6.92 Å². The zero-order valence-corrected chi connectivity index (χ0v) is 15.9. The summed E-state index contributed by atoms with van der Waals surface area (Å²) in [6, 6.07) is 15.1. The summed E-state index contributed by atoms with van der Waals surface area (Å²) >= 11 is 0. The smallest absolute Gasteiger partial charge is 0.303 e. The average Bonchev–Trinajstić information content (AvgIpc) is 2.66. The summed E-state index contributed by atoms with van der Waals surface area (Å²) in [5.41, 5.74) is 4.34. The van der Waals surface area contributed by atoms with E-state index in [-0.39, 0.29) is 25.9 Å². The Balaban J connectivity index is 1.77. The molecule has 28 heavy (non-hydrogen) atoms. The number of hydrogen-bond donors (Lipinski definition) is 1. The summed E-state index contributed by atoms with van der Waals surface area (Å²) in [4.78, 5) is 10.7. The summed E-state index contributed by atoms with van der Waals surface area (Å²) in [5, 5.41) is 8.80. The fraction of sp³-hybridized carbons (Fsp3) is 0.348. The molecule has 0 radical (unpaired) electrons. The molecule has 2 aromatic rings. The van der Waals surface area contributed by atoms with E-state index in [4.69, 9.17) is 9.84 Å². The number of carbonyl (C=O) groups is 1. The minimum Gasteiger partial charge on any atom is -0.489 e. The quantitative estimate of drug-likeness (QED) is 0.667. The lowest BCUT2D eigenvalue weighted by molar-refractivity contribution is -0.136. The number of halogens is 2. The Morgan fingerprint density at radius 1 is 1.18 bits per heavy atom. The summed E-state index contributed by atoms with van der Waals surface area (Å²) in [6.07, 6.45) is 0.432. The normalized spacial score (nSPS) is 16.1. The topological polar surface area (TPSA) is 46.5 Å². The molecule has 0 atom stereocenters. The second-order valence-electron chi connectivity index (χ2n) is 7.26. The predicted octanol–water partition coefficient (Wildman–Crippen LogP) is 5.66. The number of aliphatic carboxylic acids is 1. The maximum absolute atomic E-state index is 14.0. The van der Waals surface area contributed by atoms with Crippen molar-refractivity contribution >= 4 is 11.5 Å². The lowest BCUT2D eigenvalue weighted by Crippen LogP contribution is -2.24. The Labute approximate surface area is 163 Å². The number of aryl methyl sites for hydroxylation is 2. The number of allylic oxidation sites excluding steroid dienone is 1. The number of ether oxygens (including phenoxy) is 1. The third kappa shape index (κ3) is 5.18. The highest BCUT2D eigenvalue weighted by atomic mass is 19.3. The first-order chi connectivity index (χ1) is 13.3. The van der Waals surface area contributed by atoms with Gasteiger partial charge in [-0.3, -0.25) is 4.79 Å². The SMILES string of the molecule is Cc1cc(CCC(=O)O)ccc1OCC1=C(c2ccccc2)CCC(F)(F)C1. The number of carboxylic acid groups (broad SMARTS) is 1. The van der Waals surface area contributed by atoms with Crippen LogP contribution in [0.4, 0.5) is 8.78 Å². The Hall–Kier alpha value is -2.69. The molecule has 3 rings (SSSR count). The minimum absolute atomic E-state index is 0.0715. The molecule has 0 heterocycles. The van der Waals surface area contributed by atoms with E-state index in [9.17, 15) is 13.6 Å². The van der Waals surface area contributed by atoms with Crippen LogP contribution in [0.25, 0.3) is 5.57 Å². The second-order valence-corrected chi connectivity index (χ2v) is 7.26. The monoisotopic (exact) mass is 386 g/mol. The first-order valence-electron chi connectivity index (χ1n) is 9.42. The van der Waals surface area contributed by atoms with Crippen molar-refractivity contribution in [2.45, 2.75) is 45.0 Å². The van der Waals surface area contributed by atoms with E-state index in [1.54, 1.807) is 6.07 Å². The van der Waals surface area contributed by atoms with Crippen LogP contribution < -0.4 is 4.74 Å². The van der Waals surface area contributed by atoms with Crippen LogP contribution in [0.3, 0.4) is 0 Å². The number of hydrogen-bond acceptors (Lipinski definition) is 2. The van der Waals surface area contributed by atoms with Crippen molar-refractivity contribution in [3.8, 4) is 5.75 Å². The van der Waals surface area contributed by atoms with Gasteiger partial charge in [-0.05, 0) is 53.7 Å². The van der Waals surface area contributed by atoms with E-state index in [1.165, 1.54) is 0 Å². The van der Waals surface area contributed by atoms with Gasteiger partial charge in [0.1, 0.15) is 12.4 Å². The van der Waals surface area contributed by atoms with Crippen LogP contribution in [0.15, 0.2) is 54.1 Å². The van der Waals surface area contributed by atoms with Crippen molar-refractivity contribution in [3.63, 3.8) is 0 Å². The van der Waals surface area contributed by atoms with Crippen LogP contribution in [-0.4, -0.2) is 23.6 Å². The van der Waals surface area contributed by atoms with Crippen LogP contribution in [0.2, 0.25) is 0 Å². The van der Waals surface area contributed by atoms with E-state index in [1.807, 2.05) is 49.4 Å². The van der Waals surface area contributed by atoms with Gasteiger partial charge >= 0.3 is 5.97 Å². The van der Waals surface area contributed by atoms with Gasteiger partial charge in [0.05, 0.1) is 0 Å². The van der Waals surface area contributed by atoms with Crippen molar-refractivity contribution in [2.24, 2.45) is 0 Å². The van der Waals surface area contributed by atoms with E-state index in [0.29, 0.717) is 24.2 Å². The number of benzene rings is 2. The maximum atomic E-state index is 14.0. The van der Waals surface area contributed by atoms with Crippen molar-refractivity contribution in [2.75, 3.05) is 6.61 Å². The van der Waals surface area contributed by atoms with Gasteiger partial charge in [0.15, 0.2) is 0 Å². The lowest BCUT2D eigenvalue weighted by Gasteiger charge is -2.27. The number of rotatable bonds is 7. The fourth-order valence-corrected chi connectivity index (χ4v) is 3.56. The Morgan fingerprint density at radius 2 is 1.93 bits per heavy atom. The molecule has 1 aliphatic rings. The highest BCUT2D eigenvalue weighted by Gasteiger charge is 2.35. The van der Waals surface area contributed by atoms with Crippen molar-refractivity contribution in [3.05, 3.63) is 70.8 Å². The molecule has 0 bridgehead atoms. The molecule has 0 fully saturated rings. The number of alkyl halides is 2. The van der Waals surface area contributed by atoms with Gasteiger partial charge in [0.25, 0.3) is 5.92 Å². The molecule has 0 aliphatic heterocycles. The molecule has 148 valence electrons. The van der Waals surface area contributed by atoms with E-state index in [2.05, 4.69) is 0 Å². The molecule has 1 aliphatic carbocycles. The van der Waals surface area contributed by atoms with Gasteiger partial charge in [0.2, 0.25) is 0 Å². The Bertz CT molecular complexity index is 873. The zero-order valence-electron chi connectivity index (χ0n) is 15.9. The highest BCUT2D eigenvalue weighted by molar-refractivity contribution is 5.70. The standard InChI is InChI=1S/C23H24F2O3/c1-16-13-17(8-10-22(26)27)7-9-21(16)28-15-19-14-23(24,25)12-11-20(19)18-5-3-2-4-6-18/h2-7,9,13H,8,10-12,14-15H2,1H3,(H,26,27). The van der Waals surface area contributed by atoms with E-state index in [0.717, 1.165) is 22.3 Å². The molecule has 1 N–H and O–H groups in total. The zero-order chi connectivity index (χ0) is 20.1. The second kappa shape index (κ2) is 8.55. The van der Waals surface area contributed by atoms with Gasteiger partial charge in [0, 0.05) is 19.3 Å². The van der Waals surface area contributed by atoms with Crippen LogP contribution >= 0.6 is 0 Å². The van der Waals surface area contributed by atoms with Gasteiger partial charge < -0.3 is 9.84 Å². The molecule has 5 heteroatoms. The van der Waals surface area contributed by atoms with Crippen molar-refractivity contribution in [1.29, 1.82) is 0 Å². The molecule has 0 unspecified atom stereocenters. The maximum Gasteiger partial charge on any atom is 0.303 e. The molecule has 0 amide bonds. The first kappa shape index (κ1) is 20.1. The molecule has 0 aromatic heterocycles. The van der Waals surface area contributed by atoms with Crippen molar-refractivity contribution < 1.29 is 23.4 Å². The third-order valence-electron chi connectivity index (χ3n) is 5.03. The molecule has 0 saturated carbocycles. The summed E-state index contributed by atoms with van der Waals surface area (Å²) in [7, 11) is 0. The Morgan fingerprint density at radius 3 is 2.61 bits per heavy atom. The minimum atomic E-state index is -2.70. The van der Waals surface area contributed by atoms with Gasteiger partial charge in [-0.2, -0.15) is 0 Å². The van der Waals surface area contributed by atoms with Gasteiger partial charge in [-0.15, -0.1) is 0 Å². The largest absolute Gasteiger partial charge is 0.489 e. The first-order valence-corrected chi connectivity index (χ1v) is 9.42. The summed E-state index contributed by atoms with van der Waals surface area (Å²) < 4.78 is 33.9. The lowest BCUT2D eigenvalue weighted by atomic mass is 9.85. The van der Waals surface area contributed by atoms with Crippen molar-refractivity contribution in [1.82, 2.24) is 0 Å². The number of carboxylic acids is 1. The summed E-state index contributed by atoms with van der Waals surface area (Å²) in [5.74, 6) is -2.91. The summed E-state index contributed by atoms with van der Waals surface area (Å²) in [6.45, 7) is 2.00. The molecular weight excluding hydrogens is 362 g/mol. The van der Waals surface area contributed by atoms with E-state index < -0.39 is 11.9 Å². The molecular formula is C23H24F2O3. The van der Waals surface area contributed by atoms with E-state index >= 15 is 0 Å². The van der Waals surface area contributed by atoms with Crippen LogP contribution in [-0.2, 0) is 11.2 Å². The molecule has 3 nitrogen and oxygen atoms in total. The molecule has 0 spiro atoms. The Kier molecular flexibility index (Phi) is 6.12. The molecule has 0 saturated heterocycles. The van der Waals surface area contributed by atoms with Gasteiger partial charge in [-0.1, -0.05) is 42.5 Å². The van der Waals surface area contributed by atoms with Crippen LogP contribution in [0.5, 0.6) is 5.75 Å². The van der Waals surface area contributed by atoms with Crippen LogP contribution in [0.1, 0.15) is 42.4 Å². The van der Waals surface area contributed by atoms with Gasteiger partial charge in [-0.25, -0.2) is 8.78 Å². The third-order valence-corrected chi connectivity index (χ3v) is 5.03. The predicted molar refractivity (Wildman–Crippen MR) is 105 cm³/mol. The highest BCUT2D eigenvalue weighted by Crippen LogP contribution is 2.41. The fourth-order valence-electron chi connectivity index (χ4n) is 3.56. The average molecular weight is 386 g/mol.